The van der Waals surface area contributed by atoms with E-state index < -0.39 is 11.7 Å². The number of aromatic carboxylic acids is 1. The maximum absolute atomic E-state index is 10.8. The zero-order chi connectivity index (χ0) is 13.2. The SMILES string of the molecule is CN/C(=C(/Cl)C=N)c1c(Cl)oc(C(=O)O)c1Cl. The van der Waals surface area contributed by atoms with E-state index in [-0.39, 0.29) is 26.5 Å². The average Bonchev–Trinajstić information content (AvgIpc) is 2.57. The Morgan fingerprint density at radius 2 is 2.12 bits per heavy atom. The van der Waals surface area contributed by atoms with Crippen molar-refractivity contribution in [2.45, 2.75) is 0 Å². The van der Waals surface area contributed by atoms with Gasteiger partial charge in [0.2, 0.25) is 11.0 Å². The number of hydrogen-bond acceptors (Lipinski definition) is 4. The Hall–Kier alpha value is -1.17. The van der Waals surface area contributed by atoms with Crippen LogP contribution in [0.25, 0.3) is 5.70 Å². The minimum Gasteiger partial charge on any atom is -0.475 e. The van der Waals surface area contributed by atoms with Crippen molar-refractivity contribution in [2.24, 2.45) is 0 Å². The Morgan fingerprint density at radius 3 is 2.47 bits per heavy atom. The van der Waals surface area contributed by atoms with Crippen LogP contribution in [-0.2, 0) is 0 Å². The van der Waals surface area contributed by atoms with E-state index in [1.54, 1.807) is 0 Å². The third kappa shape index (κ3) is 2.57. The maximum atomic E-state index is 10.8. The Morgan fingerprint density at radius 1 is 1.53 bits per heavy atom. The number of furan rings is 1. The lowest BCUT2D eigenvalue weighted by molar-refractivity contribution is 0.0663. The van der Waals surface area contributed by atoms with Crippen molar-refractivity contribution >= 4 is 52.7 Å². The molecule has 1 aromatic rings. The number of carbonyl (C=O) groups is 1. The van der Waals surface area contributed by atoms with Crippen molar-refractivity contribution in [3.05, 3.63) is 26.6 Å². The van der Waals surface area contributed by atoms with E-state index in [1.165, 1.54) is 7.05 Å². The summed E-state index contributed by atoms with van der Waals surface area (Å²) in [5, 5.41) is 18.2. The first-order valence-corrected chi connectivity index (χ1v) is 5.36. The van der Waals surface area contributed by atoms with Crippen LogP contribution >= 0.6 is 34.8 Å². The van der Waals surface area contributed by atoms with Gasteiger partial charge in [0, 0.05) is 13.3 Å². The molecule has 0 aliphatic heterocycles. The Balaban J connectivity index is 3.51. The molecule has 0 amide bonds. The maximum Gasteiger partial charge on any atom is 0.373 e. The van der Waals surface area contributed by atoms with Gasteiger partial charge >= 0.3 is 5.97 Å². The largest absolute Gasteiger partial charge is 0.475 e. The van der Waals surface area contributed by atoms with E-state index in [4.69, 9.17) is 49.7 Å². The highest BCUT2D eigenvalue weighted by molar-refractivity contribution is 6.44. The Labute approximate surface area is 111 Å². The first-order valence-electron chi connectivity index (χ1n) is 4.23. The molecule has 92 valence electrons. The summed E-state index contributed by atoms with van der Waals surface area (Å²) in [7, 11) is 1.53. The Kier molecular flexibility index (Phi) is 4.45. The third-order valence-electron chi connectivity index (χ3n) is 1.87. The molecule has 0 bridgehead atoms. The number of hydrogen-bond donors (Lipinski definition) is 3. The summed E-state index contributed by atoms with van der Waals surface area (Å²) in [6.07, 6.45) is 0.869. The summed E-state index contributed by atoms with van der Waals surface area (Å²) in [5.41, 5.74) is 0.328. The first-order chi connectivity index (χ1) is 7.93. The van der Waals surface area contributed by atoms with E-state index in [1.807, 2.05) is 0 Å². The molecule has 17 heavy (non-hydrogen) atoms. The van der Waals surface area contributed by atoms with E-state index in [2.05, 4.69) is 5.32 Å². The molecule has 0 aliphatic rings. The number of nitrogens with one attached hydrogen (secondary N) is 2. The molecule has 0 saturated heterocycles. The topological polar surface area (TPSA) is 86.3 Å². The van der Waals surface area contributed by atoms with Crippen LogP contribution in [-0.4, -0.2) is 24.3 Å². The molecule has 1 heterocycles. The van der Waals surface area contributed by atoms with Crippen LogP contribution in [0.3, 0.4) is 0 Å². The second kappa shape index (κ2) is 5.44. The third-order valence-corrected chi connectivity index (χ3v) is 2.79. The average molecular weight is 298 g/mol. The summed E-state index contributed by atoms with van der Waals surface area (Å²) in [6, 6.07) is 0. The molecule has 5 nitrogen and oxygen atoms in total. The van der Waals surface area contributed by atoms with Crippen molar-refractivity contribution in [1.82, 2.24) is 5.32 Å². The fourth-order valence-electron chi connectivity index (χ4n) is 1.17. The zero-order valence-corrected chi connectivity index (χ0v) is 10.7. The lowest BCUT2D eigenvalue weighted by Crippen LogP contribution is -2.07. The molecule has 8 heteroatoms. The monoisotopic (exact) mass is 296 g/mol. The van der Waals surface area contributed by atoms with Crippen LogP contribution in [0.15, 0.2) is 9.45 Å². The lowest BCUT2D eigenvalue weighted by Gasteiger charge is -2.06. The number of carboxylic acids is 1. The fraction of sp³-hybridized carbons (Fsp3) is 0.111. The van der Waals surface area contributed by atoms with Crippen molar-refractivity contribution < 1.29 is 14.3 Å². The Bertz CT molecular complexity index is 508. The van der Waals surface area contributed by atoms with E-state index >= 15 is 0 Å². The molecule has 3 N–H and O–H groups in total. The molecule has 0 aromatic carbocycles. The van der Waals surface area contributed by atoms with Crippen molar-refractivity contribution in [1.29, 1.82) is 5.41 Å². The highest BCUT2D eigenvalue weighted by Gasteiger charge is 2.25. The highest BCUT2D eigenvalue weighted by Crippen LogP contribution is 2.37. The summed E-state index contributed by atoms with van der Waals surface area (Å²) in [4.78, 5) is 10.8. The number of halogens is 3. The highest BCUT2D eigenvalue weighted by atomic mass is 35.5. The zero-order valence-electron chi connectivity index (χ0n) is 8.47. The van der Waals surface area contributed by atoms with Crippen molar-refractivity contribution in [3.8, 4) is 0 Å². The summed E-state index contributed by atoms with van der Waals surface area (Å²) in [6.45, 7) is 0. The standard InChI is InChI=1S/C9H7Cl3N2O3/c1-14-6(3(10)2-13)4-5(11)7(9(15)16)17-8(4)12/h2,13-14H,1H3,(H,15,16)/b6-3+,13-2?. The van der Waals surface area contributed by atoms with Gasteiger partial charge in [-0.15, -0.1) is 0 Å². The van der Waals surface area contributed by atoms with Gasteiger partial charge in [-0.3, -0.25) is 0 Å². The molecule has 0 atom stereocenters. The van der Waals surface area contributed by atoms with E-state index in [9.17, 15) is 4.79 Å². The molecular weight excluding hydrogens is 290 g/mol. The van der Waals surface area contributed by atoms with Gasteiger partial charge < -0.3 is 20.2 Å². The molecule has 0 aliphatic carbocycles. The van der Waals surface area contributed by atoms with Gasteiger partial charge in [-0.1, -0.05) is 23.2 Å². The summed E-state index contributed by atoms with van der Waals surface area (Å²) in [5.74, 6) is -1.82. The van der Waals surface area contributed by atoms with Crippen LogP contribution in [0.4, 0.5) is 0 Å². The minimum atomic E-state index is -1.34. The molecule has 0 spiro atoms. The summed E-state index contributed by atoms with van der Waals surface area (Å²) >= 11 is 17.3. The van der Waals surface area contributed by atoms with Gasteiger partial charge in [0.05, 0.1) is 16.3 Å². The van der Waals surface area contributed by atoms with Gasteiger partial charge in [0.1, 0.15) is 5.02 Å². The van der Waals surface area contributed by atoms with Crippen molar-refractivity contribution in [3.63, 3.8) is 0 Å². The van der Waals surface area contributed by atoms with Crippen LogP contribution in [0.2, 0.25) is 10.2 Å². The van der Waals surface area contributed by atoms with Gasteiger partial charge in [-0.2, -0.15) is 0 Å². The molecule has 1 rings (SSSR count). The molecule has 0 fully saturated rings. The number of allylic oxidation sites excluding steroid dienone is 1. The quantitative estimate of drug-likeness (QED) is 0.745. The normalized spacial score (nSPS) is 12.0. The van der Waals surface area contributed by atoms with Crippen molar-refractivity contribution in [2.75, 3.05) is 7.05 Å². The molecule has 0 unspecified atom stereocenters. The van der Waals surface area contributed by atoms with Gasteiger partial charge in [-0.25, -0.2) is 4.79 Å². The lowest BCUT2D eigenvalue weighted by atomic mass is 10.2. The van der Waals surface area contributed by atoms with Gasteiger partial charge in [0.25, 0.3) is 0 Å². The minimum absolute atomic E-state index is 0.0223. The fourth-order valence-corrected chi connectivity index (χ4v) is 1.97. The van der Waals surface area contributed by atoms with Crippen LogP contribution in [0.1, 0.15) is 16.1 Å². The second-order valence-electron chi connectivity index (χ2n) is 2.82. The molecule has 0 radical (unpaired) electrons. The van der Waals surface area contributed by atoms with E-state index in [0.717, 1.165) is 6.21 Å². The van der Waals surface area contributed by atoms with Crippen LogP contribution in [0.5, 0.6) is 0 Å². The molecular formula is C9H7Cl3N2O3. The van der Waals surface area contributed by atoms with E-state index in [0.29, 0.717) is 0 Å². The molecule has 0 saturated carbocycles. The van der Waals surface area contributed by atoms with Gasteiger partial charge in [-0.05, 0) is 11.6 Å². The predicted molar refractivity (Wildman–Crippen MR) is 66.3 cm³/mol. The number of carboxylic acid groups (broad SMARTS) is 1. The second-order valence-corrected chi connectivity index (χ2v) is 3.94. The van der Waals surface area contributed by atoms with Gasteiger partial charge in [0.15, 0.2) is 0 Å². The predicted octanol–water partition coefficient (Wildman–Crippen LogP) is 3.06. The first kappa shape index (κ1) is 13.9. The number of rotatable bonds is 4. The summed E-state index contributed by atoms with van der Waals surface area (Å²) < 4.78 is 4.81. The van der Waals surface area contributed by atoms with Crippen LogP contribution in [0, 0.1) is 5.41 Å². The molecule has 1 aromatic heterocycles. The smallest absolute Gasteiger partial charge is 0.373 e. The van der Waals surface area contributed by atoms with Crippen LogP contribution < -0.4 is 5.32 Å².